The molecule has 0 spiro atoms. The van der Waals surface area contributed by atoms with E-state index in [2.05, 4.69) is 25.1 Å². The van der Waals surface area contributed by atoms with Gasteiger partial charge in [-0.2, -0.15) is 9.67 Å². The summed E-state index contributed by atoms with van der Waals surface area (Å²) in [6, 6.07) is 4.91. The van der Waals surface area contributed by atoms with Crippen LogP contribution in [0.15, 0.2) is 41.4 Å². The van der Waals surface area contributed by atoms with Crippen molar-refractivity contribution in [2.75, 3.05) is 37.2 Å². The van der Waals surface area contributed by atoms with Crippen molar-refractivity contribution in [3.05, 3.63) is 47.9 Å². The van der Waals surface area contributed by atoms with E-state index in [1.165, 1.54) is 15.8 Å². The number of rotatable bonds is 9. The molecule has 1 aliphatic carbocycles. The summed E-state index contributed by atoms with van der Waals surface area (Å²) in [5, 5.41) is 7.06. The number of pyridine rings is 1. The smallest absolute Gasteiger partial charge is 0.406 e. The fraction of sp³-hybridized carbons (Fsp3) is 0.400. The topological polar surface area (TPSA) is 140 Å². The number of ether oxygens (including phenoxy) is 1. The molecule has 2 aromatic heterocycles. The van der Waals surface area contributed by atoms with Crippen LogP contribution in [0.3, 0.4) is 0 Å². The first-order chi connectivity index (χ1) is 19.0. The number of alkyl halides is 3. The minimum Gasteiger partial charge on any atom is -0.406 e. The Balaban J connectivity index is 1.63. The molecule has 0 aliphatic heterocycles. The molecule has 220 valence electrons. The highest BCUT2D eigenvalue weighted by atomic mass is 32.2. The average molecular weight is 596 g/mol. The number of benzene rings is 1. The Morgan fingerprint density at radius 1 is 1.15 bits per heavy atom. The van der Waals surface area contributed by atoms with Crippen molar-refractivity contribution < 1.29 is 35.9 Å². The summed E-state index contributed by atoms with van der Waals surface area (Å²) in [7, 11) is 1.11. The Labute approximate surface area is 234 Å². The molecule has 1 aromatic carbocycles. The highest BCUT2D eigenvalue weighted by molar-refractivity contribution is 7.90. The number of carbonyl (C=O) groups excluding carboxylic acids is 2. The highest BCUT2D eigenvalue weighted by Crippen LogP contribution is 2.32. The monoisotopic (exact) mass is 595 g/mol. The summed E-state index contributed by atoms with van der Waals surface area (Å²) in [6.45, 7) is 1.57. The van der Waals surface area contributed by atoms with E-state index < -0.39 is 38.8 Å². The highest BCUT2D eigenvalue weighted by Gasteiger charge is 2.33. The van der Waals surface area contributed by atoms with E-state index in [9.17, 15) is 31.2 Å². The Kier molecular flexibility index (Phi) is 7.98. The van der Waals surface area contributed by atoms with Gasteiger partial charge in [0.1, 0.15) is 5.75 Å². The number of nitrogens with zero attached hydrogens (tertiary/aromatic N) is 6. The van der Waals surface area contributed by atoms with E-state index in [4.69, 9.17) is 0 Å². The van der Waals surface area contributed by atoms with Crippen molar-refractivity contribution >= 4 is 33.3 Å². The molecule has 0 radical (unpaired) electrons. The van der Waals surface area contributed by atoms with Gasteiger partial charge >= 0.3 is 6.36 Å². The molecule has 2 heterocycles. The van der Waals surface area contributed by atoms with Crippen LogP contribution in [0, 0.1) is 5.92 Å². The van der Waals surface area contributed by atoms with Crippen LogP contribution in [0.1, 0.15) is 42.0 Å². The van der Waals surface area contributed by atoms with Gasteiger partial charge in [0, 0.05) is 38.9 Å². The predicted molar refractivity (Wildman–Crippen MR) is 142 cm³/mol. The third kappa shape index (κ3) is 7.11. The molecule has 1 N–H and O–H groups in total. The number of hydrogen-bond acceptors (Lipinski definition) is 9. The van der Waals surface area contributed by atoms with Gasteiger partial charge in [0.05, 0.1) is 22.8 Å². The van der Waals surface area contributed by atoms with E-state index in [1.807, 2.05) is 0 Å². The molecular weight excluding hydrogens is 567 g/mol. The maximum Gasteiger partial charge on any atom is 0.573 e. The second kappa shape index (κ2) is 11.0. The Hall–Kier alpha value is -4.21. The summed E-state index contributed by atoms with van der Waals surface area (Å²) in [6.07, 6.45) is -1.06. The fourth-order valence-electron chi connectivity index (χ4n) is 3.84. The first-order valence-electron chi connectivity index (χ1n) is 12.3. The lowest BCUT2D eigenvalue weighted by molar-refractivity contribution is -0.274. The van der Waals surface area contributed by atoms with Gasteiger partial charge in [-0.1, -0.05) is 0 Å². The molecule has 3 aromatic rings. The quantitative estimate of drug-likeness (QED) is 0.396. The molecule has 0 saturated heterocycles. The minimum absolute atomic E-state index is 0.0101. The number of carbonyl (C=O) groups is 2. The van der Waals surface area contributed by atoms with Crippen molar-refractivity contribution in [1.82, 2.24) is 25.1 Å². The molecule has 1 saturated carbocycles. The number of halogens is 3. The van der Waals surface area contributed by atoms with Crippen molar-refractivity contribution in [2.45, 2.75) is 37.1 Å². The zero-order valence-electron chi connectivity index (χ0n) is 22.8. The normalized spacial score (nSPS) is 14.3. The second-order valence-electron chi connectivity index (χ2n) is 9.83. The van der Waals surface area contributed by atoms with Crippen LogP contribution in [-0.4, -0.2) is 73.7 Å². The Morgan fingerprint density at radius 2 is 1.83 bits per heavy atom. The van der Waals surface area contributed by atoms with Crippen LogP contribution < -0.4 is 19.9 Å². The van der Waals surface area contributed by atoms with Crippen LogP contribution in [-0.2, 0) is 14.6 Å². The number of hydrogen-bond donors (Lipinski definition) is 1. The Morgan fingerprint density at radius 3 is 2.37 bits per heavy atom. The molecule has 2 amide bonds. The zero-order valence-corrected chi connectivity index (χ0v) is 23.6. The lowest BCUT2D eigenvalue weighted by Gasteiger charge is -2.18. The van der Waals surface area contributed by atoms with Gasteiger partial charge in [-0.3, -0.25) is 9.59 Å². The van der Waals surface area contributed by atoms with Crippen LogP contribution in [0.2, 0.25) is 0 Å². The third-order valence-electron chi connectivity index (χ3n) is 6.15. The third-order valence-corrected chi connectivity index (χ3v) is 7.25. The summed E-state index contributed by atoms with van der Waals surface area (Å²) in [4.78, 5) is 37.0. The molecule has 4 rings (SSSR count). The molecule has 12 nitrogen and oxygen atoms in total. The van der Waals surface area contributed by atoms with Crippen molar-refractivity contribution in [3.63, 3.8) is 0 Å². The summed E-state index contributed by atoms with van der Waals surface area (Å²) in [5.74, 6) is -0.842. The maximum absolute atomic E-state index is 13.1. The summed E-state index contributed by atoms with van der Waals surface area (Å²) >= 11 is 0. The summed E-state index contributed by atoms with van der Waals surface area (Å²) in [5.41, 5.74) is 0.216. The second-order valence-corrected chi connectivity index (χ2v) is 11.8. The molecule has 16 heteroatoms. The first-order valence-corrected chi connectivity index (χ1v) is 14.2. The summed E-state index contributed by atoms with van der Waals surface area (Å²) < 4.78 is 67.9. The van der Waals surface area contributed by atoms with Crippen molar-refractivity contribution in [3.8, 4) is 11.6 Å². The number of amides is 2. The van der Waals surface area contributed by atoms with Gasteiger partial charge in [0.25, 0.3) is 5.91 Å². The standard InChI is InChI=1S/C25H28F3N7O5S/c1-14(30-22(36)16-10-18(40-25(26,27)28)12-19(11-16)41(5,38)39)21-31-24(33(2)3)32-35(21)20-9-8-17(13-29-20)34(4)23(37)15-6-7-15/h8-15H,6-7H2,1-5H3,(H,30,36)/t14-/m0/s1. The van der Waals surface area contributed by atoms with Gasteiger partial charge in [-0.05, 0) is 50.1 Å². The minimum atomic E-state index is -5.10. The molecule has 0 bridgehead atoms. The lowest BCUT2D eigenvalue weighted by atomic mass is 10.2. The largest absolute Gasteiger partial charge is 0.573 e. The first kappa shape index (κ1) is 29.8. The lowest BCUT2D eigenvalue weighted by Crippen LogP contribution is -2.29. The van der Waals surface area contributed by atoms with Crippen LogP contribution in [0.5, 0.6) is 5.75 Å². The zero-order chi connectivity index (χ0) is 30.3. The van der Waals surface area contributed by atoms with E-state index >= 15 is 0 Å². The molecular formula is C25H28F3N7O5S. The fourth-order valence-corrected chi connectivity index (χ4v) is 4.51. The van der Waals surface area contributed by atoms with E-state index in [0.29, 0.717) is 17.6 Å². The van der Waals surface area contributed by atoms with E-state index in [1.54, 1.807) is 45.1 Å². The molecule has 41 heavy (non-hydrogen) atoms. The van der Waals surface area contributed by atoms with Gasteiger partial charge in [-0.25, -0.2) is 13.4 Å². The predicted octanol–water partition coefficient (Wildman–Crippen LogP) is 2.89. The van der Waals surface area contributed by atoms with Crippen molar-refractivity contribution in [1.29, 1.82) is 0 Å². The van der Waals surface area contributed by atoms with E-state index in [-0.39, 0.29) is 29.2 Å². The number of nitrogens with one attached hydrogen (secondary N) is 1. The number of sulfone groups is 1. The Bertz CT molecular complexity index is 1570. The van der Waals surface area contributed by atoms with Crippen LogP contribution in [0.4, 0.5) is 24.8 Å². The number of aromatic nitrogens is 4. The van der Waals surface area contributed by atoms with Gasteiger partial charge in [-0.15, -0.1) is 18.3 Å². The SMILES string of the molecule is C[C@H](NC(=O)c1cc(OC(F)(F)F)cc(S(C)(=O)=O)c1)c1nc(N(C)C)nn1-c1ccc(N(C)C(=O)C2CC2)cn1. The van der Waals surface area contributed by atoms with Gasteiger partial charge in [0.2, 0.25) is 11.9 Å². The van der Waals surface area contributed by atoms with Gasteiger partial charge < -0.3 is 19.9 Å². The van der Waals surface area contributed by atoms with Crippen LogP contribution in [0.25, 0.3) is 5.82 Å². The maximum atomic E-state index is 13.1. The van der Waals surface area contributed by atoms with Crippen LogP contribution >= 0.6 is 0 Å². The number of anilines is 2. The molecule has 1 aliphatic rings. The molecule has 1 atom stereocenters. The average Bonchev–Trinajstić information content (AvgIpc) is 3.63. The molecule has 0 unspecified atom stereocenters. The van der Waals surface area contributed by atoms with E-state index in [0.717, 1.165) is 31.2 Å². The van der Waals surface area contributed by atoms with Crippen molar-refractivity contribution in [2.24, 2.45) is 5.92 Å². The van der Waals surface area contributed by atoms with Gasteiger partial charge in [0.15, 0.2) is 21.5 Å². The molecule has 1 fully saturated rings.